The minimum atomic E-state index is -0.322. The van der Waals surface area contributed by atoms with E-state index in [4.69, 9.17) is 4.74 Å². The molecule has 146 valence electrons. The molecular formula is C24H23N3O2. The Morgan fingerprint density at radius 2 is 1.90 bits per heavy atom. The molecule has 4 rings (SSSR count). The smallest absolute Gasteiger partial charge is 0.147 e. The molecule has 2 aromatic carbocycles. The second kappa shape index (κ2) is 8.19. The first kappa shape index (κ1) is 18.7. The number of aryl methyl sites for hydroxylation is 1. The van der Waals surface area contributed by atoms with E-state index in [2.05, 4.69) is 15.3 Å². The van der Waals surface area contributed by atoms with Crippen LogP contribution in [0.5, 0.6) is 11.5 Å². The number of pyridine rings is 2. The second-order valence-corrected chi connectivity index (χ2v) is 6.83. The largest absolute Gasteiger partial charge is 0.505 e. The lowest BCUT2D eigenvalue weighted by molar-refractivity contribution is 0.340. The van der Waals surface area contributed by atoms with Gasteiger partial charge in [-0.3, -0.25) is 0 Å². The summed E-state index contributed by atoms with van der Waals surface area (Å²) in [5, 5.41) is 15.4. The molecule has 0 unspecified atom stereocenters. The summed E-state index contributed by atoms with van der Waals surface area (Å²) >= 11 is 0. The SMILES string of the molecule is CCOc1cccc([C@H](Nc2ccccn2)c2ccc3ccc(C)nc3c2O)c1. The number of ether oxygens (including phenoxy) is 1. The van der Waals surface area contributed by atoms with Crippen molar-refractivity contribution < 1.29 is 9.84 Å². The molecule has 0 aliphatic carbocycles. The number of aromatic nitrogens is 2. The molecule has 0 fully saturated rings. The molecule has 4 aromatic rings. The Balaban J connectivity index is 1.85. The van der Waals surface area contributed by atoms with Crippen molar-refractivity contribution in [3.8, 4) is 11.5 Å². The van der Waals surface area contributed by atoms with Crippen LogP contribution in [0.3, 0.4) is 0 Å². The Morgan fingerprint density at radius 3 is 2.69 bits per heavy atom. The Morgan fingerprint density at radius 1 is 1.03 bits per heavy atom. The van der Waals surface area contributed by atoms with Gasteiger partial charge in [-0.1, -0.05) is 36.4 Å². The van der Waals surface area contributed by atoms with Gasteiger partial charge in [0.25, 0.3) is 0 Å². The molecule has 2 heterocycles. The summed E-state index contributed by atoms with van der Waals surface area (Å²) < 4.78 is 5.68. The molecule has 5 heteroatoms. The fraction of sp³-hybridized carbons (Fsp3) is 0.167. The van der Waals surface area contributed by atoms with Crippen LogP contribution in [0.25, 0.3) is 10.9 Å². The van der Waals surface area contributed by atoms with Gasteiger partial charge in [-0.15, -0.1) is 0 Å². The van der Waals surface area contributed by atoms with E-state index in [9.17, 15) is 5.11 Å². The molecule has 0 bridgehead atoms. The number of hydrogen-bond acceptors (Lipinski definition) is 5. The Labute approximate surface area is 170 Å². The summed E-state index contributed by atoms with van der Waals surface area (Å²) in [7, 11) is 0. The van der Waals surface area contributed by atoms with Crippen LogP contribution in [0.2, 0.25) is 0 Å². The van der Waals surface area contributed by atoms with E-state index in [1.807, 2.05) is 80.6 Å². The number of nitrogens with one attached hydrogen (secondary N) is 1. The lowest BCUT2D eigenvalue weighted by Gasteiger charge is -2.22. The van der Waals surface area contributed by atoms with Crippen molar-refractivity contribution in [3.05, 3.63) is 89.7 Å². The first-order valence-electron chi connectivity index (χ1n) is 9.65. The normalized spacial score (nSPS) is 11.9. The van der Waals surface area contributed by atoms with Gasteiger partial charge in [-0.2, -0.15) is 0 Å². The Kier molecular flexibility index (Phi) is 5.29. The van der Waals surface area contributed by atoms with Crippen LogP contribution >= 0.6 is 0 Å². The molecule has 2 N–H and O–H groups in total. The topological polar surface area (TPSA) is 67.3 Å². The number of rotatable bonds is 6. The molecule has 1 atom stereocenters. The van der Waals surface area contributed by atoms with E-state index in [0.717, 1.165) is 33.8 Å². The highest BCUT2D eigenvalue weighted by Crippen LogP contribution is 2.37. The third kappa shape index (κ3) is 3.99. The number of fused-ring (bicyclic) bond motifs is 1. The van der Waals surface area contributed by atoms with Crippen LogP contribution in [0.4, 0.5) is 5.82 Å². The zero-order valence-electron chi connectivity index (χ0n) is 16.5. The van der Waals surface area contributed by atoms with Crippen LogP contribution < -0.4 is 10.1 Å². The van der Waals surface area contributed by atoms with E-state index in [0.29, 0.717) is 12.1 Å². The van der Waals surface area contributed by atoms with Crippen molar-refractivity contribution in [2.75, 3.05) is 11.9 Å². The maximum Gasteiger partial charge on any atom is 0.147 e. The van der Waals surface area contributed by atoms with Crippen molar-refractivity contribution in [1.82, 2.24) is 9.97 Å². The molecule has 0 radical (unpaired) electrons. The summed E-state index contributed by atoms with van der Waals surface area (Å²) in [6.07, 6.45) is 1.74. The minimum Gasteiger partial charge on any atom is -0.505 e. The lowest BCUT2D eigenvalue weighted by atomic mass is 9.96. The van der Waals surface area contributed by atoms with E-state index in [1.165, 1.54) is 0 Å². The van der Waals surface area contributed by atoms with Crippen LogP contribution in [-0.2, 0) is 0 Å². The average molecular weight is 385 g/mol. The van der Waals surface area contributed by atoms with Crippen LogP contribution in [0.1, 0.15) is 29.8 Å². The summed E-state index contributed by atoms with van der Waals surface area (Å²) in [4.78, 5) is 8.94. The minimum absolute atomic E-state index is 0.168. The maximum absolute atomic E-state index is 11.1. The van der Waals surface area contributed by atoms with Crippen molar-refractivity contribution in [2.45, 2.75) is 19.9 Å². The molecule has 2 aromatic heterocycles. The predicted octanol–water partition coefficient (Wildman–Crippen LogP) is 5.24. The quantitative estimate of drug-likeness (QED) is 0.475. The zero-order valence-corrected chi connectivity index (χ0v) is 16.5. The van der Waals surface area contributed by atoms with E-state index >= 15 is 0 Å². The van der Waals surface area contributed by atoms with E-state index in [1.54, 1.807) is 6.20 Å². The van der Waals surface area contributed by atoms with Gasteiger partial charge in [0.1, 0.15) is 22.8 Å². The highest BCUT2D eigenvalue weighted by Gasteiger charge is 2.21. The van der Waals surface area contributed by atoms with Gasteiger partial charge in [0.05, 0.1) is 12.6 Å². The average Bonchev–Trinajstić information content (AvgIpc) is 2.74. The van der Waals surface area contributed by atoms with Gasteiger partial charge in [-0.25, -0.2) is 9.97 Å². The Bertz CT molecular complexity index is 1130. The molecule has 0 spiro atoms. The summed E-state index contributed by atoms with van der Waals surface area (Å²) in [5.74, 6) is 1.67. The van der Waals surface area contributed by atoms with E-state index < -0.39 is 0 Å². The van der Waals surface area contributed by atoms with Gasteiger partial charge < -0.3 is 15.2 Å². The summed E-state index contributed by atoms with van der Waals surface area (Å²) in [5.41, 5.74) is 3.15. The van der Waals surface area contributed by atoms with Crippen molar-refractivity contribution in [3.63, 3.8) is 0 Å². The molecule has 0 saturated carbocycles. The Hall–Kier alpha value is -3.60. The number of aromatic hydroxyl groups is 1. The van der Waals surface area contributed by atoms with Gasteiger partial charge in [0, 0.05) is 22.8 Å². The van der Waals surface area contributed by atoms with Gasteiger partial charge in [-0.05, 0) is 49.7 Å². The third-order valence-electron chi connectivity index (χ3n) is 4.78. The predicted molar refractivity (Wildman–Crippen MR) is 115 cm³/mol. The van der Waals surface area contributed by atoms with Gasteiger partial charge in [0.2, 0.25) is 0 Å². The van der Waals surface area contributed by atoms with Crippen LogP contribution in [0, 0.1) is 6.92 Å². The standard InChI is InChI=1S/C24H23N3O2/c1-3-29-19-8-6-7-18(15-19)22(27-21-9-4-5-14-25-21)20-13-12-17-11-10-16(2)26-23(17)24(20)28/h4-15,22,28H,3H2,1-2H3,(H,25,27)/t22-/m0/s1. The van der Waals surface area contributed by atoms with Gasteiger partial charge in [0.15, 0.2) is 0 Å². The fourth-order valence-electron chi connectivity index (χ4n) is 3.41. The summed E-state index contributed by atoms with van der Waals surface area (Å²) in [6.45, 7) is 4.46. The third-order valence-corrected chi connectivity index (χ3v) is 4.78. The van der Waals surface area contributed by atoms with E-state index in [-0.39, 0.29) is 11.8 Å². The van der Waals surface area contributed by atoms with Crippen molar-refractivity contribution >= 4 is 16.7 Å². The molecule has 0 aliphatic heterocycles. The molecule has 0 saturated heterocycles. The second-order valence-electron chi connectivity index (χ2n) is 6.83. The number of benzene rings is 2. The summed E-state index contributed by atoms with van der Waals surface area (Å²) in [6, 6.07) is 21.1. The maximum atomic E-state index is 11.1. The van der Waals surface area contributed by atoms with Crippen molar-refractivity contribution in [1.29, 1.82) is 0 Å². The highest BCUT2D eigenvalue weighted by atomic mass is 16.5. The number of anilines is 1. The van der Waals surface area contributed by atoms with Crippen LogP contribution in [-0.4, -0.2) is 21.7 Å². The lowest BCUT2D eigenvalue weighted by Crippen LogP contribution is -2.14. The number of nitrogens with zero attached hydrogens (tertiary/aromatic N) is 2. The number of phenols is 1. The van der Waals surface area contributed by atoms with Crippen molar-refractivity contribution in [2.24, 2.45) is 0 Å². The molecule has 5 nitrogen and oxygen atoms in total. The fourth-order valence-corrected chi connectivity index (χ4v) is 3.41. The highest BCUT2D eigenvalue weighted by molar-refractivity contribution is 5.86. The zero-order chi connectivity index (χ0) is 20.2. The number of phenolic OH excluding ortho intramolecular Hbond substituents is 1. The van der Waals surface area contributed by atoms with Gasteiger partial charge >= 0.3 is 0 Å². The first-order chi connectivity index (χ1) is 14.2. The molecule has 0 aliphatic rings. The molecule has 29 heavy (non-hydrogen) atoms. The van der Waals surface area contributed by atoms with Crippen LogP contribution in [0.15, 0.2) is 72.9 Å². The first-order valence-corrected chi connectivity index (χ1v) is 9.65. The monoisotopic (exact) mass is 385 g/mol. The molecule has 0 amide bonds. The number of hydrogen-bond donors (Lipinski definition) is 2. The molecular weight excluding hydrogens is 362 g/mol.